The maximum Gasteiger partial charge on any atom is 0.306 e. The molecule has 0 saturated heterocycles. The summed E-state index contributed by atoms with van der Waals surface area (Å²) in [6, 6.07) is 13.3. The fourth-order valence-electron chi connectivity index (χ4n) is 2.38. The van der Waals surface area contributed by atoms with Gasteiger partial charge in [0.15, 0.2) is 5.78 Å². The quantitative estimate of drug-likeness (QED) is 0.566. The molecule has 0 amide bonds. The summed E-state index contributed by atoms with van der Waals surface area (Å²) >= 11 is 3.29. The summed E-state index contributed by atoms with van der Waals surface area (Å²) in [5.41, 5.74) is 2.24. The highest BCUT2D eigenvalue weighted by atomic mass is 79.9. The van der Waals surface area contributed by atoms with Gasteiger partial charge in [-0.1, -0.05) is 30.3 Å². The van der Waals surface area contributed by atoms with Crippen LogP contribution in [0, 0.1) is 0 Å². The molecule has 0 bridgehead atoms. The standard InChI is InChI=1S/C19H19BrO4/c1-2-24-18(22)9-8-17(21)15-11-14(12-16(20)19(15)23)10-13-6-4-3-5-7-13/h3-7,11-12,23H,2,8-10H2,1H3. The van der Waals surface area contributed by atoms with E-state index in [1.165, 1.54) is 0 Å². The number of ketones is 1. The Bertz CT molecular complexity index is 726. The molecule has 0 aliphatic rings. The summed E-state index contributed by atoms with van der Waals surface area (Å²) in [6.45, 7) is 2.01. The van der Waals surface area contributed by atoms with Crippen molar-refractivity contribution in [2.24, 2.45) is 0 Å². The molecule has 0 spiro atoms. The van der Waals surface area contributed by atoms with Crippen LogP contribution in [0.4, 0.5) is 0 Å². The Balaban J connectivity index is 2.17. The zero-order valence-electron chi connectivity index (χ0n) is 13.4. The number of carbonyl (C=O) groups is 2. The van der Waals surface area contributed by atoms with Gasteiger partial charge in [-0.2, -0.15) is 0 Å². The molecular formula is C19H19BrO4. The highest BCUT2D eigenvalue weighted by Gasteiger charge is 2.17. The molecule has 126 valence electrons. The fraction of sp³-hybridized carbons (Fsp3) is 0.263. The summed E-state index contributed by atoms with van der Waals surface area (Å²) < 4.78 is 5.29. The highest BCUT2D eigenvalue weighted by molar-refractivity contribution is 9.10. The monoisotopic (exact) mass is 390 g/mol. The molecule has 2 aromatic rings. The van der Waals surface area contributed by atoms with Gasteiger partial charge in [-0.25, -0.2) is 0 Å². The van der Waals surface area contributed by atoms with Crippen molar-refractivity contribution in [3.05, 3.63) is 63.6 Å². The molecule has 1 N–H and O–H groups in total. The predicted molar refractivity (Wildman–Crippen MR) is 95.3 cm³/mol. The molecule has 0 atom stereocenters. The highest BCUT2D eigenvalue weighted by Crippen LogP contribution is 2.31. The van der Waals surface area contributed by atoms with Crippen LogP contribution in [0.1, 0.15) is 41.3 Å². The third-order valence-corrected chi connectivity index (χ3v) is 4.14. The van der Waals surface area contributed by atoms with E-state index in [0.717, 1.165) is 11.1 Å². The van der Waals surface area contributed by atoms with Crippen LogP contribution in [0.2, 0.25) is 0 Å². The molecule has 2 aromatic carbocycles. The number of ether oxygens (including phenoxy) is 1. The first-order valence-electron chi connectivity index (χ1n) is 7.75. The number of Topliss-reactive ketones (excluding diaryl/α,β-unsaturated/α-hetero) is 1. The number of phenolic OH excluding ortho intramolecular Hbond substituents is 1. The minimum atomic E-state index is -0.412. The summed E-state index contributed by atoms with van der Waals surface area (Å²) in [4.78, 5) is 23.7. The van der Waals surface area contributed by atoms with Gasteiger partial charge in [0.05, 0.1) is 23.1 Å². The molecule has 5 heteroatoms. The topological polar surface area (TPSA) is 63.6 Å². The molecule has 24 heavy (non-hydrogen) atoms. The fourth-order valence-corrected chi connectivity index (χ4v) is 2.89. The minimum absolute atomic E-state index is 0.00659. The van der Waals surface area contributed by atoms with Gasteiger partial charge in [-0.05, 0) is 52.5 Å². The molecule has 0 unspecified atom stereocenters. The van der Waals surface area contributed by atoms with Gasteiger partial charge in [0, 0.05) is 6.42 Å². The first-order valence-corrected chi connectivity index (χ1v) is 8.54. The van der Waals surface area contributed by atoms with Crippen molar-refractivity contribution in [3.8, 4) is 5.75 Å². The zero-order valence-corrected chi connectivity index (χ0v) is 15.0. The molecule has 4 nitrogen and oxygen atoms in total. The number of carbonyl (C=O) groups excluding carboxylic acids is 2. The van der Waals surface area contributed by atoms with Crippen LogP contribution < -0.4 is 0 Å². The number of halogens is 1. The number of phenols is 1. The Kier molecular flexibility index (Phi) is 6.55. The van der Waals surface area contributed by atoms with E-state index in [2.05, 4.69) is 15.9 Å². The summed E-state index contributed by atoms with van der Waals surface area (Å²) in [6.07, 6.45) is 0.665. The van der Waals surface area contributed by atoms with Crippen molar-refractivity contribution in [2.45, 2.75) is 26.2 Å². The van der Waals surface area contributed by atoms with E-state index >= 15 is 0 Å². The zero-order chi connectivity index (χ0) is 17.5. The Labute approximate surface area is 149 Å². The third kappa shape index (κ3) is 4.93. The molecule has 2 rings (SSSR count). The van der Waals surface area contributed by atoms with E-state index < -0.39 is 5.97 Å². The van der Waals surface area contributed by atoms with Gasteiger partial charge in [0.1, 0.15) is 5.75 Å². The van der Waals surface area contributed by atoms with Crippen molar-refractivity contribution in [3.63, 3.8) is 0 Å². The van der Waals surface area contributed by atoms with Crippen molar-refractivity contribution in [2.75, 3.05) is 6.61 Å². The second-order valence-corrected chi connectivity index (χ2v) is 6.22. The molecule has 0 saturated carbocycles. The molecular weight excluding hydrogens is 372 g/mol. The van der Waals surface area contributed by atoms with E-state index in [1.807, 2.05) is 30.3 Å². The molecule has 0 heterocycles. The van der Waals surface area contributed by atoms with Gasteiger partial charge >= 0.3 is 5.97 Å². The Hall–Kier alpha value is -2.14. The number of esters is 1. The molecule has 0 aliphatic heterocycles. The second-order valence-electron chi connectivity index (χ2n) is 5.36. The van der Waals surface area contributed by atoms with Crippen LogP contribution in [-0.2, 0) is 16.0 Å². The summed E-state index contributed by atoms with van der Waals surface area (Å²) in [5.74, 6) is -0.790. The van der Waals surface area contributed by atoms with Crippen LogP contribution >= 0.6 is 15.9 Å². The summed E-state index contributed by atoms with van der Waals surface area (Å²) in [5, 5.41) is 10.1. The molecule has 0 radical (unpaired) electrons. The number of hydrogen-bond donors (Lipinski definition) is 1. The maximum atomic E-state index is 12.3. The van der Waals surface area contributed by atoms with E-state index in [4.69, 9.17) is 4.74 Å². The van der Waals surface area contributed by atoms with Crippen LogP contribution in [0.25, 0.3) is 0 Å². The Morgan fingerprint density at radius 2 is 1.79 bits per heavy atom. The predicted octanol–water partition coefficient (Wildman–Crippen LogP) is 4.27. The first-order chi connectivity index (χ1) is 11.5. The minimum Gasteiger partial charge on any atom is -0.506 e. The van der Waals surface area contributed by atoms with Gasteiger partial charge in [-0.3, -0.25) is 9.59 Å². The van der Waals surface area contributed by atoms with E-state index in [1.54, 1.807) is 19.1 Å². The van der Waals surface area contributed by atoms with Crippen LogP contribution in [-0.4, -0.2) is 23.5 Å². The normalized spacial score (nSPS) is 10.4. The van der Waals surface area contributed by atoms with E-state index in [0.29, 0.717) is 10.9 Å². The van der Waals surface area contributed by atoms with Crippen molar-refractivity contribution in [1.29, 1.82) is 0 Å². The van der Waals surface area contributed by atoms with Gasteiger partial charge in [0.2, 0.25) is 0 Å². The lowest BCUT2D eigenvalue weighted by atomic mass is 9.99. The van der Waals surface area contributed by atoms with Gasteiger partial charge in [-0.15, -0.1) is 0 Å². The molecule has 0 fully saturated rings. The molecule has 0 aromatic heterocycles. The largest absolute Gasteiger partial charge is 0.506 e. The van der Waals surface area contributed by atoms with Crippen LogP contribution in [0.3, 0.4) is 0 Å². The average Bonchev–Trinajstić information content (AvgIpc) is 2.57. The number of benzene rings is 2. The summed E-state index contributed by atoms with van der Waals surface area (Å²) in [7, 11) is 0. The third-order valence-electron chi connectivity index (χ3n) is 3.54. The van der Waals surface area contributed by atoms with Crippen LogP contribution in [0.5, 0.6) is 5.75 Å². The number of hydrogen-bond acceptors (Lipinski definition) is 4. The van der Waals surface area contributed by atoms with Gasteiger partial charge in [0.25, 0.3) is 0 Å². The maximum absolute atomic E-state index is 12.3. The van der Waals surface area contributed by atoms with E-state index in [-0.39, 0.29) is 36.5 Å². The van der Waals surface area contributed by atoms with Crippen molar-refractivity contribution >= 4 is 27.7 Å². The molecule has 0 aliphatic carbocycles. The smallest absolute Gasteiger partial charge is 0.306 e. The van der Waals surface area contributed by atoms with Crippen molar-refractivity contribution < 1.29 is 19.4 Å². The lowest BCUT2D eigenvalue weighted by molar-refractivity contribution is -0.143. The SMILES string of the molecule is CCOC(=O)CCC(=O)c1cc(Cc2ccccc2)cc(Br)c1O. The average molecular weight is 391 g/mol. The second kappa shape index (κ2) is 8.64. The van der Waals surface area contributed by atoms with Crippen molar-refractivity contribution in [1.82, 2.24) is 0 Å². The van der Waals surface area contributed by atoms with Gasteiger partial charge < -0.3 is 9.84 Å². The number of aromatic hydroxyl groups is 1. The number of rotatable bonds is 7. The van der Waals surface area contributed by atoms with Crippen LogP contribution in [0.15, 0.2) is 46.9 Å². The Morgan fingerprint density at radius 1 is 1.08 bits per heavy atom. The van der Waals surface area contributed by atoms with E-state index in [9.17, 15) is 14.7 Å². The Morgan fingerprint density at radius 3 is 2.46 bits per heavy atom. The lowest BCUT2D eigenvalue weighted by Crippen LogP contribution is -2.08. The lowest BCUT2D eigenvalue weighted by Gasteiger charge is -2.10. The first kappa shape index (κ1) is 18.2.